The zero-order valence-electron chi connectivity index (χ0n) is 7.79. The highest BCUT2D eigenvalue weighted by molar-refractivity contribution is 4.95. The van der Waals surface area contributed by atoms with E-state index in [0.717, 1.165) is 26.1 Å². The molecule has 1 aliphatic rings. The third-order valence-corrected chi connectivity index (χ3v) is 2.33. The molecular weight excluding hydrogens is 152 g/mol. The van der Waals surface area contributed by atoms with Gasteiger partial charge in [-0.2, -0.15) is 5.26 Å². The van der Waals surface area contributed by atoms with Gasteiger partial charge in [-0.25, -0.2) is 0 Å². The third kappa shape index (κ3) is 2.20. The Kier molecular flexibility index (Phi) is 3.51. The van der Waals surface area contributed by atoms with Gasteiger partial charge in [-0.3, -0.25) is 4.90 Å². The monoisotopic (exact) mass is 168 g/mol. The molecule has 68 valence electrons. The van der Waals surface area contributed by atoms with Crippen LogP contribution in [-0.4, -0.2) is 38.3 Å². The number of nitrogens with zero attached hydrogens (tertiary/aromatic N) is 2. The summed E-state index contributed by atoms with van der Waals surface area (Å²) in [7, 11) is 3.89. The predicted octanol–water partition coefficient (Wildman–Crippen LogP) is 0.867. The molecule has 1 aliphatic heterocycles. The molecule has 3 nitrogen and oxygen atoms in total. The Balaban J connectivity index is 2.47. The molecule has 0 aliphatic carbocycles. The van der Waals surface area contributed by atoms with Crippen LogP contribution >= 0.6 is 0 Å². The van der Waals surface area contributed by atoms with Crippen molar-refractivity contribution in [3.05, 3.63) is 0 Å². The van der Waals surface area contributed by atoms with E-state index in [1.54, 1.807) is 0 Å². The van der Waals surface area contributed by atoms with Gasteiger partial charge in [0.2, 0.25) is 0 Å². The van der Waals surface area contributed by atoms with Crippen LogP contribution in [0.2, 0.25) is 0 Å². The van der Waals surface area contributed by atoms with E-state index in [-0.39, 0.29) is 6.04 Å². The number of hydrogen-bond donors (Lipinski definition) is 0. The minimum absolute atomic E-state index is 0.0188. The summed E-state index contributed by atoms with van der Waals surface area (Å²) in [5.74, 6) is 0.402. The third-order valence-electron chi connectivity index (χ3n) is 2.33. The van der Waals surface area contributed by atoms with Crippen molar-refractivity contribution in [2.75, 3.05) is 27.3 Å². The molecule has 3 heteroatoms. The number of rotatable bonds is 2. The Labute approximate surface area is 73.9 Å². The highest BCUT2D eigenvalue weighted by Crippen LogP contribution is 2.19. The molecule has 0 N–H and O–H groups in total. The van der Waals surface area contributed by atoms with Gasteiger partial charge in [0.15, 0.2) is 0 Å². The Morgan fingerprint density at radius 3 is 2.75 bits per heavy atom. The summed E-state index contributed by atoms with van der Waals surface area (Å²) in [6, 6.07) is 2.34. The Morgan fingerprint density at radius 2 is 2.33 bits per heavy atom. The Morgan fingerprint density at radius 1 is 1.58 bits per heavy atom. The molecule has 0 spiro atoms. The highest BCUT2D eigenvalue weighted by Gasteiger charge is 2.25. The van der Waals surface area contributed by atoms with Gasteiger partial charge >= 0.3 is 0 Å². The zero-order valence-corrected chi connectivity index (χ0v) is 7.79. The van der Waals surface area contributed by atoms with Crippen LogP contribution in [-0.2, 0) is 4.74 Å². The summed E-state index contributed by atoms with van der Waals surface area (Å²) >= 11 is 0. The molecule has 0 amide bonds. The van der Waals surface area contributed by atoms with Gasteiger partial charge in [-0.05, 0) is 26.9 Å². The van der Waals surface area contributed by atoms with E-state index in [1.165, 1.54) is 0 Å². The van der Waals surface area contributed by atoms with Crippen molar-refractivity contribution in [1.29, 1.82) is 5.26 Å². The minimum Gasteiger partial charge on any atom is -0.381 e. The molecule has 0 aromatic rings. The van der Waals surface area contributed by atoms with Crippen molar-refractivity contribution in [1.82, 2.24) is 4.90 Å². The molecular formula is C9H16N2O. The summed E-state index contributed by atoms with van der Waals surface area (Å²) < 4.78 is 5.34. The van der Waals surface area contributed by atoms with Crippen molar-refractivity contribution in [3.63, 3.8) is 0 Å². The molecule has 12 heavy (non-hydrogen) atoms. The van der Waals surface area contributed by atoms with Gasteiger partial charge in [0.1, 0.15) is 6.04 Å². The van der Waals surface area contributed by atoms with Gasteiger partial charge in [0.05, 0.1) is 12.7 Å². The minimum atomic E-state index is 0.0188. The van der Waals surface area contributed by atoms with Crippen LogP contribution in [0.3, 0.4) is 0 Å². The molecule has 1 heterocycles. The van der Waals surface area contributed by atoms with E-state index < -0.39 is 0 Å². The van der Waals surface area contributed by atoms with E-state index in [4.69, 9.17) is 10.00 Å². The summed E-state index contributed by atoms with van der Waals surface area (Å²) in [6.45, 7) is 1.61. The fourth-order valence-electron chi connectivity index (χ4n) is 1.66. The maximum Gasteiger partial charge on any atom is 0.102 e. The van der Waals surface area contributed by atoms with E-state index in [2.05, 4.69) is 6.07 Å². The number of nitriles is 1. The first kappa shape index (κ1) is 9.50. The highest BCUT2D eigenvalue weighted by atomic mass is 16.5. The van der Waals surface area contributed by atoms with Crippen LogP contribution in [0.5, 0.6) is 0 Å². The van der Waals surface area contributed by atoms with Crippen molar-refractivity contribution >= 4 is 0 Å². The average Bonchev–Trinajstić information content (AvgIpc) is 2.07. The molecule has 1 fully saturated rings. The molecule has 2 unspecified atom stereocenters. The first-order valence-corrected chi connectivity index (χ1v) is 4.39. The molecule has 1 rings (SSSR count). The molecule has 0 aromatic heterocycles. The van der Waals surface area contributed by atoms with Crippen molar-refractivity contribution in [2.24, 2.45) is 5.92 Å². The zero-order chi connectivity index (χ0) is 8.97. The normalized spacial score (nSPS) is 26.7. The van der Waals surface area contributed by atoms with Gasteiger partial charge < -0.3 is 4.74 Å². The van der Waals surface area contributed by atoms with E-state index >= 15 is 0 Å². The molecule has 0 saturated carbocycles. The lowest BCUT2D eigenvalue weighted by molar-refractivity contribution is 0.0322. The van der Waals surface area contributed by atoms with Crippen LogP contribution in [0.25, 0.3) is 0 Å². The van der Waals surface area contributed by atoms with Crippen molar-refractivity contribution < 1.29 is 4.74 Å². The first-order chi connectivity index (χ1) is 5.75. The van der Waals surface area contributed by atoms with Gasteiger partial charge in [-0.15, -0.1) is 0 Å². The second kappa shape index (κ2) is 4.44. The maximum absolute atomic E-state index is 8.90. The van der Waals surface area contributed by atoms with E-state index in [1.807, 2.05) is 19.0 Å². The van der Waals surface area contributed by atoms with Crippen LogP contribution < -0.4 is 0 Å². The fourth-order valence-corrected chi connectivity index (χ4v) is 1.66. The summed E-state index contributed by atoms with van der Waals surface area (Å²) in [4.78, 5) is 1.97. The number of hydrogen-bond acceptors (Lipinski definition) is 3. The van der Waals surface area contributed by atoms with Crippen LogP contribution in [0.1, 0.15) is 12.8 Å². The number of ether oxygens (including phenoxy) is 1. The lowest BCUT2D eigenvalue weighted by atomic mass is 9.94. The van der Waals surface area contributed by atoms with Gasteiger partial charge in [0, 0.05) is 12.5 Å². The molecule has 1 saturated heterocycles. The summed E-state index contributed by atoms with van der Waals surface area (Å²) in [6.07, 6.45) is 2.22. The average molecular weight is 168 g/mol. The van der Waals surface area contributed by atoms with E-state index in [0.29, 0.717) is 5.92 Å². The van der Waals surface area contributed by atoms with Gasteiger partial charge in [-0.1, -0.05) is 0 Å². The molecule has 0 radical (unpaired) electrons. The largest absolute Gasteiger partial charge is 0.381 e. The maximum atomic E-state index is 8.90. The van der Waals surface area contributed by atoms with Crippen LogP contribution in [0, 0.1) is 17.2 Å². The second-order valence-electron chi connectivity index (χ2n) is 3.51. The smallest absolute Gasteiger partial charge is 0.102 e. The fraction of sp³-hybridized carbons (Fsp3) is 0.889. The SMILES string of the molecule is CN(C)C(C#N)C1CCCOC1. The summed E-state index contributed by atoms with van der Waals surface area (Å²) in [5, 5.41) is 8.90. The summed E-state index contributed by atoms with van der Waals surface area (Å²) in [5.41, 5.74) is 0. The first-order valence-electron chi connectivity index (χ1n) is 4.39. The standard InChI is InChI=1S/C9H16N2O/c1-11(2)9(6-10)8-4-3-5-12-7-8/h8-9H,3-5,7H2,1-2H3. The van der Waals surface area contributed by atoms with Crippen LogP contribution in [0.15, 0.2) is 0 Å². The molecule has 2 atom stereocenters. The van der Waals surface area contributed by atoms with Crippen LogP contribution in [0.4, 0.5) is 0 Å². The molecule has 0 bridgehead atoms. The molecule has 0 aromatic carbocycles. The Bertz CT molecular complexity index is 168. The lowest BCUT2D eigenvalue weighted by Gasteiger charge is -2.29. The second-order valence-corrected chi connectivity index (χ2v) is 3.51. The lowest BCUT2D eigenvalue weighted by Crippen LogP contribution is -2.38. The topological polar surface area (TPSA) is 36.3 Å². The van der Waals surface area contributed by atoms with Crippen molar-refractivity contribution in [2.45, 2.75) is 18.9 Å². The van der Waals surface area contributed by atoms with Crippen molar-refractivity contribution in [3.8, 4) is 6.07 Å². The quantitative estimate of drug-likeness (QED) is 0.613. The Hall–Kier alpha value is -0.590. The van der Waals surface area contributed by atoms with E-state index in [9.17, 15) is 0 Å². The van der Waals surface area contributed by atoms with Gasteiger partial charge in [0.25, 0.3) is 0 Å². The predicted molar refractivity (Wildman–Crippen MR) is 46.6 cm³/mol.